The Bertz CT molecular complexity index is 614. The zero-order valence-electron chi connectivity index (χ0n) is 11.6. The first kappa shape index (κ1) is 15.7. The fraction of sp³-hybridized carbons (Fsp3) is 0.188. The first-order valence-electron chi connectivity index (χ1n) is 6.46. The highest BCUT2D eigenvalue weighted by molar-refractivity contribution is 6.33. The van der Waals surface area contributed by atoms with Crippen LogP contribution in [0.25, 0.3) is 0 Å². The summed E-state index contributed by atoms with van der Waals surface area (Å²) in [5, 5.41) is 1.11. The van der Waals surface area contributed by atoms with Gasteiger partial charge < -0.3 is 9.64 Å². The van der Waals surface area contributed by atoms with E-state index in [0.717, 1.165) is 5.75 Å². The molecule has 5 heteroatoms. The van der Waals surface area contributed by atoms with Gasteiger partial charge >= 0.3 is 0 Å². The molecule has 0 aliphatic carbocycles. The minimum Gasteiger partial charge on any atom is -0.492 e. The van der Waals surface area contributed by atoms with Crippen LogP contribution in [0.5, 0.6) is 5.75 Å². The number of benzene rings is 2. The van der Waals surface area contributed by atoms with E-state index in [2.05, 4.69) is 0 Å². The molecule has 2 aromatic rings. The van der Waals surface area contributed by atoms with E-state index in [-0.39, 0.29) is 5.91 Å². The topological polar surface area (TPSA) is 29.5 Å². The van der Waals surface area contributed by atoms with E-state index in [0.29, 0.717) is 28.8 Å². The molecule has 0 saturated carbocycles. The van der Waals surface area contributed by atoms with Crippen LogP contribution in [0.4, 0.5) is 0 Å². The van der Waals surface area contributed by atoms with Gasteiger partial charge in [-0.15, -0.1) is 0 Å². The number of halogens is 2. The Morgan fingerprint density at radius 1 is 1.10 bits per heavy atom. The number of carbonyl (C=O) groups is 1. The Kier molecular flexibility index (Phi) is 5.48. The van der Waals surface area contributed by atoms with Gasteiger partial charge in [-0.2, -0.15) is 0 Å². The van der Waals surface area contributed by atoms with Crippen LogP contribution >= 0.6 is 23.2 Å². The number of rotatable bonds is 5. The van der Waals surface area contributed by atoms with E-state index in [9.17, 15) is 4.79 Å². The predicted molar refractivity (Wildman–Crippen MR) is 85.4 cm³/mol. The lowest BCUT2D eigenvalue weighted by Gasteiger charge is -2.18. The maximum Gasteiger partial charge on any atom is 0.255 e. The maximum absolute atomic E-state index is 12.2. The van der Waals surface area contributed by atoms with E-state index < -0.39 is 0 Å². The number of ether oxygens (including phenoxy) is 1. The lowest BCUT2D eigenvalue weighted by Crippen LogP contribution is -2.31. The van der Waals surface area contributed by atoms with Crippen LogP contribution in [0.15, 0.2) is 48.5 Å². The van der Waals surface area contributed by atoms with Crippen molar-refractivity contribution in [3.8, 4) is 5.75 Å². The predicted octanol–water partition coefficient (Wildman–Crippen LogP) is 4.14. The highest BCUT2D eigenvalue weighted by Gasteiger charge is 2.14. The number of carbonyl (C=O) groups excluding carboxylic acids is 1. The molecule has 3 nitrogen and oxygen atoms in total. The van der Waals surface area contributed by atoms with Crippen LogP contribution in [0.3, 0.4) is 0 Å². The van der Waals surface area contributed by atoms with Crippen LogP contribution < -0.4 is 4.74 Å². The third kappa shape index (κ3) is 4.38. The van der Waals surface area contributed by atoms with Crippen molar-refractivity contribution in [2.45, 2.75) is 0 Å². The van der Waals surface area contributed by atoms with Crippen LogP contribution in [-0.2, 0) is 0 Å². The molecule has 1 amide bonds. The molecule has 2 aromatic carbocycles. The Balaban J connectivity index is 1.87. The summed E-state index contributed by atoms with van der Waals surface area (Å²) in [6.45, 7) is 0.862. The number of likely N-dealkylation sites (N-methyl/N-ethyl adjacent to an activating group) is 1. The summed E-state index contributed by atoms with van der Waals surface area (Å²) in [6, 6.07) is 14.1. The quantitative estimate of drug-likeness (QED) is 0.827. The number of nitrogens with zero attached hydrogens (tertiary/aromatic N) is 1. The van der Waals surface area contributed by atoms with Crippen molar-refractivity contribution in [1.82, 2.24) is 4.90 Å². The monoisotopic (exact) mass is 323 g/mol. The van der Waals surface area contributed by atoms with Gasteiger partial charge in [0.05, 0.1) is 17.1 Å². The van der Waals surface area contributed by atoms with Gasteiger partial charge in [-0.3, -0.25) is 4.79 Å². The van der Waals surface area contributed by atoms with Crippen LogP contribution in [0.2, 0.25) is 10.0 Å². The minimum absolute atomic E-state index is 0.125. The van der Waals surface area contributed by atoms with Crippen molar-refractivity contribution in [3.63, 3.8) is 0 Å². The minimum atomic E-state index is -0.125. The summed E-state index contributed by atoms with van der Waals surface area (Å²) in [7, 11) is 1.72. The average Bonchev–Trinajstić information content (AvgIpc) is 2.49. The zero-order valence-corrected chi connectivity index (χ0v) is 13.1. The summed E-state index contributed by atoms with van der Waals surface area (Å²) in [4.78, 5) is 13.8. The molecule has 110 valence electrons. The second-order valence-electron chi connectivity index (χ2n) is 4.51. The van der Waals surface area contributed by atoms with Crippen molar-refractivity contribution in [2.24, 2.45) is 0 Å². The molecule has 0 aromatic heterocycles. The van der Waals surface area contributed by atoms with Crippen molar-refractivity contribution in [2.75, 3.05) is 20.2 Å². The Hall–Kier alpha value is -1.71. The van der Waals surface area contributed by atoms with Crippen molar-refractivity contribution in [3.05, 3.63) is 64.1 Å². The molecule has 0 atom stereocenters. The first-order valence-corrected chi connectivity index (χ1v) is 7.22. The highest BCUT2D eigenvalue weighted by Crippen LogP contribution is 2.17. The smallest absolute Gasteiger partial charge is 0.255 e. The third-order valence-corrected chi connectivity index (χ3v) is 3.54. The summed E-state index contributed by atoms with van der Waals surface area (Å²) < 4.78 is 5.56. The van der Waals surface area contributed by atoms with Gasteiger partial charge in [0.1, 0.15) is 12.4 Å². The van der Waals surface area contributed by atoms with Gasteiger partial charge in [0, 0.05) is 12.1 Å². The molecule has 0 aliphatic heterocycles. The molecule has 21 heavy (non-hydrogen) atoms. The number of hydrogen-bond acceptors (Lipinski definition) is 2. The SMILES string of the molecule is CN(CCOc1ccc(Cl)cc1)C(=O)c1ccccc1Cl. The van der Waals surface area contributed by atoms with Crippen molar-refractivity contribution < 1.29 is 9.53 Å². The van der Waals surface area contributed by atoms with E-state index in [1.54, 1.807) is 60.5 Å². The Morgan fingerprint density at radius 3 is 2.43 bits per heavy atom. The van der Waals surface area contributed by atoms with Crippen molar-refractivity contribution in [1.29, 1.82) is 0 Å². The summed E-state index contributed by atoms with van der Waals surface area (Å²) in [5.74, 6) is 0.596. The van der Waals surface area contributed by atoms with Gasteiger partial charge in [0.2, 0.25) is 0 Å². The second kappa shape index (κ2) is 7.34. The molecule has 0 bridgehead atoms. The molecule has 0 radical (unpaired) electrons. The van der Waals surface area contributed by atoms with E-state index in [1.807, 2.05) is 0 Å². The Labute approximate surface area is 134 Å². The number of amides is 1. The van der Waals surface area contributed by atoms with E-state index in [4.69, 9.17) is 27.9 Å². The third-order valence-electron chi connectivity index (χ3n) is 2.96. The molecule has 0 saturated heterocycles. The van der Waals surface area contributed by atoms with Crippen LogP contribution in [-0.4, -0.2) is 31.0 Å². The molecule has 2 rings (SSSR count). The fourth-order valence-electron chi connectivity index (χ4n) is 1.77. The lowest BCUT2D eigenvalue weighted by molar-refractivity contribution is 0.0774. The van der Waals surface area contributed by atoms with E-state index in [1.165, 1.54) is 0 Å². The van der Waals surface area contributed by atoms with Gasteiger partial charge in [0.25, 0.3) is 5.91 Å². The lowest BCUT2D eigenvalue weighted by atomic mass is 10.2. The normalized spacial score (nSPS) is 10.2. The first-order chi connectivity index (χ1) is 10.1. The van der Waals surface area contributed by atoms with Gasteiger partial charge in [-0.05, 0) is 36.4 Å². The molecule has 0 spiro atoms. The standard InChI is InChI=1S/C16H15Cl2NO2/c1-19(16(20)14-4-2-3-5-15(14)18)10-11-21-13-8-6-12(17)7-9-13/h2-9H,10-11H2,1H3. The molecule has 0 unspecified atom stereocenters. The van der Waals surface area contributed by atoms with Gasteiger partial charge in [0.15, 0.2) is 0 Å². The Morgan fingerprint density at radius 2 is 1.76 bits per heavy atom. The second-order valence-corrected chi connectivity index (χ2v) is 5.35. The molecule has 0 aliphatic rings. The van der Waals surface area contributed by atoms with Gasteiger partial charge in [-0.1, -0.05) is 35.3 Å². The van der Waals surface area contributed by atoms with Gasteiger partial charge in [-0.25, -0.2) is 0 Å². The highest BCUT2D eigenvalue weighted by atomic mass is 35.5. The molecular weight excluding hydrogens is 309 g/mol. The summed E-state index contributed by atoms with van der Waals surface area (Å²) >= 11 is 11.8. The molecule has 0 heterocycles. The maximum atomic E-state index is 12.2. The number of hydrogen-bond donors (Lipinski definition) is 0. The van der Waals surface area contributed by atoms with Crippen molar-refractivity contribution >= 4 is 29.1 Å². The largest absolute Gasteiger partial charge is 0.492 e. The summed E-state index contributed by atoms with van der Waals surface area (Å²) in [5.41, 5.74) is 0.494. The molecule has 0 fully saturated rings. The van der Waals surface area contributed by atoms with Crippen LogP contribution in [0, 0.1) is 0 Å². The summed E-state index contributed by atoms with van der Waals surface area (Å²) in [6.07, 6.45) is 0. The van der Waals surface area contributed by atoms with Crippen LogP contribution in [0.1, 0.15) is 10.4 Å². The van der Waals surface area contributed by atoms with E-state index >= 15 is 0 Å². The average molecular weight is 324 g/mol. The fourth-order valence-corrected chi connectivity index (χ4v) is 2.12. The molecular formula is C16H15Cl2NO2. The molecule has 0 N–H and O–H groups in total. The zero-order chi connectivity index (χ0) is 15.2.